The molecule has 0 radical (unpaired) electrons. The van der Waals surface area contributed by atoms with Gasteiger partial charge in [0.1, 0.15) is 0 Å². The lowest BCUT2D eigenvalue weighted by molar-refractivity contribution is -0.136. The van der Waals surface area contributed by atoms with Crippen LogP contribution in [0.4, 0.5) is 24.5 Å². The number of hydrogen-bond acceptors (Lipinski definition) is 3. The standard InChI is InChI=1S/C14H21F3N2S/c1-20-9-5-3-2-4-8-19-13-7-6-11(18)10-12(13)14(15,16)17/h6-7,10,19H,2-5,8-9,18H2,1H3. The molecule has 0 fully saturated rings. The molecule has 0 saturated heterocycles. The van der Waals surface area contributed by atoms with E-state index in [9.17, 15) is 13.2 Å². The van der Waals surface area contributed by atoms with Gasteiger partial charge in [0.15, 0.2) is 0 Å². The quantitative estimate of drug-likeness (QED) is 0.543. The van der Waals surface area contributed by atoms with Crippen molar-refractivity contribution in [1.29, 1.82) is 0 Å². The average molecular weight is 306 g/mol. The molecule has 6 heteroatoms. The highest BCUT2D eigenvalue weighted by Crippen LogP contribution is 2.36. The number of nitrogen functional groups attached to an aromatic ring is 1. The van der Waals surface area contributed by atoms with E-state index in [1.54, 1.807) is 0 Å². The van der Waals surface area contributed by atoms with Gasteiger partial charge >= 0.3 is 6.18 Å². The van der Waals surface area contributed by atoms with Crippen LogP contribution in [0.2, 0.25) is 0 Å². The molecule has 0 heterocycles. The van der Waals surface area contributed by atoms with Gasteiger partial charge in [-0.2, -0.15) is 24.9 Å². The van der Waals surface area contributed by atoms with Crippen molar-refractivity contribution in [3.05, 3.63) is 23.8 Å². The van der Waals surface area contributed by atoms with E-state index in [1.165, 1.54) is 12.1 Å². The topological polar surface area (TPSA) is 38.0 Å². The highest BCUT2D eigenvalue weighted by molar-refractivity contribution is 7.98. The second-order valence-corrected chi connectivity index (χ2v) is 5.62. The number of nitrogens with one attached hydrogen (secondary N) is 1. The predicted octanol–water partition coefficient (Wildman–Crippen LogP) is 4.62. The normalized spacial score (nSPS) is 11.6. The molecule has 0 saturated carbocycles. The van der Waals surface area contributed by atoms with Crippen molar-refractivity contribution < 1.29 is 13.2 Å². The Hall–Kier alpha value is -1.04. The maximum Gasteiger partial charge on any atom is 0.418 e. The van der Waals surface area contributed by atoms with Crippen molar-refractivity contribution in [3.8, 4) is 0 Å². The Morgan fingerprint density at radius 3 is 2.50 bits per heavy atom. The van der Waals surface area contributed by atoms with Gasteiger partial charge in [-0.3, -0.25) is 0 Å². The first-order valence-electron chi connectivity index (χ1n) is 6.64. The smallest absolute Gasteiger partial charge is 0.399 e. The molecule has 2 nitrogen and oxygen atoms in total. The maximum atomic E-state index is 12.8. The predicted molar refractivity (Wildman–Crippen MR) is 81.2 cm³/mol. The third-order valence-electron chi connectivity index (χ3n) is 2.94. The highest BCUT2D eigenvalue weighted by Gasteiger charge is 2.33. The van der Waals surface area contributed by atoms with Crippen molar-refractivity contribution in [1.82, 2.24) is 0 Å². The van der Waals surface area contributed by atoms with E-state index in [-0.39, 0.29) is 11.4 Å². The molecule has 0 aliphatic heterocycles. The van der Waals surface area contributed by atoms with Crippen LogP contribution in [-0.2, 0) is 6.18 Å². The Morgan fingerprint density at radius 2 is 1.85 bits per heavy atom. The molecular weight excluding hydrogens is 285 g/mol. The van der Waals surface area contributed by atoms with Gasteiger partial charge in [-0.1, -0.05) is 12.8 Å². The van der Waals surface area contributed by atoms with Gasteiger partial charge in [-0.25, -0.2) is 0 Å². The van der Waals surface area contributed by atoms with E-state index in [1.807, 2.05) is 11.8 Å². The summed E-state index contributed by atoms with van der Waals surface area (Å²) in [5, 5.41) is 2.86. The zero-order chi connectivity index (χ0) is 15.0. The first kappa shape index (κ1) is 17.0. The second-order valence-electron chi connectivity index (χ2n) is 4.64. The van der Waals surface area contributed by atoms with Gasteiger partial charge in [0.2, 0.25) is 0 Å². The first-order valence-corrected chi connectivity index (χ1v) is 8.04. The van der Waals surface area contributed by atoms with Gasteiger partial charge in [0.05, 0.1) is 5.56 Å². The Labute approximate surface area is 122 Å². The number of anilines is 2. The van der Waals surface area contributed by atoms with Crippen LogP contribution >= 0.6 is 11.8 Å². The van der Waals surface area contributed by atoms with Crippen LogP contribution in [0.15, 0.2) is 18.2 Å². The molecule has 3 N–H and O–H groups in total. The summed E-state index contributed by atoms with van der Waals surface area (Å²) < 4.78 is 38.5. The van der Waals surface area contributed by atoms with Crippen LogP contribution in [0, 0.1) is 0 Å². The van der Waals surface area contributed by atoms with Gasteiger partial charge < -0.3 is 11.1 Å². The molecule has 114 valence electrons. The Morgan fingerprint density at radius 1 is 1.15 bits per heavy atom. The molecule has 1 aromatic carbocycles. The van der Waals surface area contributed by atoms with E-state index in [2.05, 4.69) is 11.6 Å². The summed E-state index contributed by atoms with van der Waals surface area (Å²) in [6.07, 6.45) is 1.88. The number of nitrogens with two attached hydrogens (primary N) is 1. The Bertz CT molecular complexity index is 408. The molecule has 1 rings (SSSR count). The Kier molecular flexibility index (Phi) is 7.05. The van der Waals surface area contributed by atoms with Gasteiger partial charge in [-0.05, 0) is 43.0 Å². The van der Waals surface area contributed by atoms with Crippen molar-refractivity contribution in [3.63, 3.8) is 0 Å². The van der Waals surface area contributed by atoms with Crippen LogP contribution in [-0.4, -0.2) is 18.6 Å². The largest absolute Gasteiger partial charge is 0.418 e. The number of benzene rings is 1. The molecule has 0 atom stereocenters. The fourth-order valence-electron chi connectivity index (χ4n) is 1.90. The van der Waals surface area contributed by atoms with E-state index in [0.29, 0.717) is 6.54 Å². The zero-order valence-corrected chi connectivity index (χ0v) is 12.4. The molecule has 0 amide bonds. The van der Waals surface area contributed by atoms with E-state index in [4.69, 9.17) is 5.73 Å². The van der Waals surface area contributed by atoms with Crippen molar-refractivity contribution in [2.24, 2.45) is 0 Å². The summed E-state index contributed by atoms with van der Waals surface area (Å²) in [6.45, 7) is 0.548. The number of alkyl halides is 3. The first-order chi connectivity index (χ1) is 9.45. The number of rotatable bonds is 8. The Balaban J connectivity index is 2.44. The van der Waals surface area contributed by atoms with Crippen molar-refractivity contribution in [2.75, 3.05) is 29.6 Å². The number of thioether (sulfide) groups is 1. The molecule has 0 aromatic heterocycles. The lowest BCUT2D eigenvalue weighted by Gasteiger charge is -2.15. The fraction of sp³-hybridized carbons (Fsp3) is 0.571. The monoisotopic (exact) mass is 306 g/mol. The molecule has 0 spiro atoms. The molecule has 1 aromatic rings. The van der Waals surface area contributed by atoms with Crippen molar-refractivity contribution in [2.45, 2.75) is 31.9 Å². The molecule has 0 aliphatic rings. The number of halogens is 3. The minimum atomic E-state index is -4.38. The van der Waals surface area contributed by atoms with Gasteiger partial charge in [0, 0.05) is 17.9 Å². The SMILES string of the molecule is CSCCCCCCNc1ccc(N)cc1C(F)(F)F. The van der Waals surface area contributed by atoms with Gasteiger partial charge in [0.25, 0.3) is 0 Å². The second kappa shape index (κ2) is 8.29. The maximum absolute atomic E-state index is 12.8. The summed E-state index contributed by atoms with van der Waals surface area (Å²) in [6, 6.07) is 3.85. The molecular formula is C14H21F3N2S. The van der Waals surface area contributed by atoms with E-state index in [0.717, 1.165) is 37.5 Å². The summed E-state index contributed by atoms with van der Waals surface area (Å²) in [5.74, 6) is 1.14. The van der Waals surface area contributed by atoms with Crippen LogP contribution in [0.3, 0.4) is 0 Å². The summed E-state index contributed by atoms with van der Waals surface area (Å²) in [5.41, 5.74) is 4.95. The molecule has 20 heavy (non-hydrogen) atoms. The third kappa shape index (κ3) is 5.94. The number of unbranched alkanes of at least 4 members (excludes halogenated alkanes) is 3. The van der Waals surface area contributed by atoms with Crippen molar-refractivity contribution >= 4 is 23.1 Å². The van der Waals surface area contributed by atoms with Gasteiger partial charge in [-0.15, -0.1) is 0 Å². The highest BCUT2D eigenvalue weighted by atomic mass is 32.2. The molecule has 0 unspecified atom stereocenters. The van der Waals surface area contributed by atoms with Crippen LogP contribution < -0.4 is 11.1 Å². The van der Waals surface area contributed by atoms with Crippen LogP contribution in [0.1, 0.15) is 31.2 Å². The lowest BCUT2D eigenvalue weighted by atomic mass is 10.1. The average Bonchev–Trinajstić information content (AvgIpc) is 2.38. The minimum absolute atomic E-state index is 0.107. The summed E-state index contributed by atoms with van der Waals surface area (Å²) in [7, 11) is 0. The molecule has 0 bridgehead atoms. The fourth-order valence-corrected chi connectivity index (χ4v) is 2.39. The summed E-state index contributed by atoms with van der Waals surface area (Å²) in [4.78, 5) is 0. The van der Waals surface area contributed by atoms with E-state index >= 15 is 0 Å². The lowest BCUT2D eigenvalue weighted by Crippen LogP contribution is -2.12. The van der Waals surface area contributed by atoms with Crippen LogP contribution in [0.25, 0.3) is 0 Å². The van der Waals surface area contributed by atoms with E-state index < -0.39 is 11.7 Å². The van der Waals surface area contributed by atoms with Crippen LogP contribution in [0.5, 0.6) is 0 Å². The number of hydrogen-bond donors (Lipinski definition) is 2. The summed E-state index contributed by atoms with van der Waals surface area (Å²) >= 11 is 1.82. The molecule has 0 aliphatic carbocycles. The zero-order valence-electron chi connectivity index (χ0n) is 11.6. The minimum Gasteiger partial charge on any atom is -0.399 e. The third-order valence-corrected chi connectivity index (χ3v) is 3.64.